The molecule has 0 aliphatic rings. The van der Waals surface area contributed by atoms with Crippen LogP contribution in [0.1, 0.15) is 12.5 Å². The lowest BCUT2D eigenvalue weighted by Gasteiger charge is -2.09. The van der Waals surface area contributed by atoms with E-state index in [1.165, 1.54) is 0 Å². The third-order valence-corrected chi connectivity index (χ3v) is 2.29. The highest BCUT2D eigenvalue weighted by Crippen LogP contribution is 2.32. The van der Waals surface area contributed by atoms with Gasteiger partial charge in [0.1, 0.15) is 17.6 Å². The fourth-order valence-electron chi connectivity index (χ4n) is 1.05. The van der Waals surface area contributed by atoms with E-state index in [2.05, 4.69) is 22.0 Å². The number of hydrogen-bond donors (Lipinski definition) is 0. The van der Waals surface area contributed by atoms with Crippen LogP contribution in [0.15, 0.2) is 16.6 Å². The van der Waals surface area contributed by atoms with E-state index in [0.29, 0.717) is 23.7 Å². The van der Waals surface area contributed by atoms with Crippen LogP contribution in [-0.2, 0) is 0 Å². The minimum Gasteiger partial charge on any atom is -0.495 e. The predicted octanol–water partition coefficient (Wildman–Crippen LogP) is 2.73. The van der Waals surface area contributed by atoms with Gasteiger partial charge >= 0.3 is 0 Å². The summed E-state index contributed by atoms with van der Waals surface area (Å²) < 4.78 is 11.1. The Morgan fingerprint density at radius 3 is 2.64 bits per heavy atom. The molecule has 0 heterocycles. The Hall–Kier alpha value is -1.21. The fourth-order valence-corrected chi connectivity index (χ4v) is 1.56. The van der Waals surface area contributed by atoms with Crippen molar-refractivity contribution in [3.8, 4) is 17.6 Å². The first-order valence-corrected chi connectivity index (χ1v) is 4.92. The van der Waals surface area contributed by atoms with Gasteiger partial charge in [-0.2, -0.15) is 5.26 Å². The van der Waals surface area contributed by atoms with Crippen molar-refractivity contribution >= 4 is 15.9 Å². The number of nitriles is 1. The molecule has 0 saturated heterocycles. The summed E-state index contributed by atoms with van der Waals surface area (Å²) in [5.74, 6) is 1.21. The largest absolute Gasteiger partial charge is 0.495 e. The van der Waals surface area contributed by atoms with Crippen LogP contribution in [0.4, 0.5) is 0 Å². The lowest BCUT2D eigenvalue weighted by Crippen LogP contribution is -1.96. The van der Waals surface area contributed by atoms with E-state index < -0.39 is 0 Å². The summed E-state index contributed by atoms with van der Waals surface area (Å²) in [6, 6.07) is 5.45. The summed E-state index contributed by atoms with van der Waals surface area (Å²) >= 11 is 3.30. The van der Waals surface area contributed by atoms with E-state index in [-0.39, 0.29) is 0 Å². The van der Waals surface area contributed by atoms with E-state index in [4.69, 9.17) is 14.7 Å². The van der Waals surface area contributed by atoms with Gasteiger partial charge in [0, 0.05) is 6.07 Å². The van der Waals surface area contributed by atoms with E-state index >= 15 is 0 Å². The number of nitrogens with zero attached hydrogens (tertiary/aromatic N) is 1. The van der Waals surface area contributed by atoms with E-state index in [1.54, 1.807) is 19.2 Å². The van der Waals surface area contributed by atoms with Crippen molar-refractivity contribution < 1.29 is 9.47 Å². The number of halogens is 1. The number of methoxy groups -OCH3 is 1. The summed E-state index contributed by atoms with van der Waals surface area (Å²) in [5.41, 5.74) is 0.500. The molecule has 0 unspecified atom stereocenters. The first-order chi connectivity index (χ1) is 6.72. The summed E-state index contributed by atoms with van der Waals surface area (Å²) in [4.78, 5) is 0. The Morgan fingerprint density at radius 2 is 2.14 bits per heavy atom. The lowest BCUT2D eigenvalue weighted by molar-refractivity contribution is 0.335. The summed E-state index contributed by atoms with van der Waals surface area (Å²) in [6.45, 7) is 2.40. The molecule has 74 valence electrons. The maximum Gasteiger partial charge on any atom is 0.140 e. The zero-order valence-corrected chi connectivity index (χ0v) is 9.59. The summed E-state index contributed by atoms with van der Waals surface area (Å²) in [7, 11) is 1.57. The van der Waals surface area contributed by atoms with Gasteiger partial charge in [0.05, 0.1) is 23.8 Å². The molecule has 14 heavy (non-hydrogen) atoms. The van der Waals surface area contributed by atoms with Gasteiger partial charge in [0.25, 0.3) is 0 Å². The van der Waals surface area contributed by atoms with Crippen LogP contribution in [0, 0.1) is 11.3 Å². The van der Waals surface area contributed by atoms with Crippen LogP contribution < -0.4 is 9.47 Å². The van der Waals surface area contributed by atoms with Crippen LogP contribution in [0.5, 0.6) is 11.5 Å². The maximum atomic E-state index is 8.84. The number of rotatable bonds is 3. The topological polar surface area (TPSA) is 42.2 Å². The molecule has 0 radical (unpaired) electrons. The Morgan fingerprint density at radius 1 is 1.43 bits per heavy atom. The molecule has 0 amide bonds. The standard InChI is InChI=1S/C10H10BrNO2/c1-3-14-9-5-10(13-2)8(11)4-7(9)6-12/h4-5H,3H2,1-2H3. The molecular formula is C10H10BrNO2. The first-order valence-electron chi connectivity index (χ1n) is 4.13. The average Bonchev–Trinajstić information content (AvgIpc) is 2.20. The van der Waals surface area contributed by atoms with Gasteiger partial charge in [0.2, 0.25) is 0 Å². The van der Waals surface area contributed by atoms with Crippen molar-refractivity contribution in [3.05, 3.63) is 22.2 Å². The Labute approximate surface area is 91.4 Å². The Kier molecular flexibility index (Phi) is 3.78. The van der Waals surface area contributed by atoms with E-state index in [9.17, 15) is 0 Å². The maximum absolute atomic E-state index is 8.84. The van der Waals surface area contributed by atoms with Gasteiger partial charge in [-0.3, -0.25) is 0 Å². The molecule has 1 rings (SSSR count). The molecule has 0 bridgehead atoms. The Bertz CT molecular complexity index is 371. The third-order valence-electron chi connectivity index (χ3n) is 1.67. The Balaban J connectivity index is 3.19. The molecule has 0 aromatic heterocycles. The van der Waals surface area contributed by atoms with Crippen LogP contribution in [0.25, 0.3) is 0 Å². The molecule has 0 fully saturated rings. The second-order valence-electron chi connectivity index (χ2n) is 2.53. The van der Waals surface area contributed by atoms with Crippen molar-refractivity contribution in [2.45, 2.75) is 6.92 Å². The molecule has 3 nitrogen and oxygen atoms in total. The second-order valence-corrected chi connectivity index (χ2v) is 3.38. The fraction of sp³-hybridized carbons (Fsp3) is 0.300. The molecule has 0 aliphatic carbocycles. The zero-order valence-electron chi connectivity index (χ0n) is 8.00. The summed E-state index contributed by atoms with van der Waals surface area (Å²) in [6.07, 6.45) is 0. The molecule has 0 aliphatic heterocycles. The molecule has 4 heteroatoms. The highest BCUT2D eigenvalue weighted by atomic mass is 79.9. The minimum absolute atomic E-state index is 0.500. The second kappa shape index (κ2) is 4.87. The van der Waals surface area contributed by atoms with E-state index in [0.717, 1.165) is 4.47 Å². The SMILES string of the molecule is CCOc1cc(OC)c(Br)cc1C#N. The van der Waals surface area contributed by atoms with Crippen molar-refractivity contribution in [1.29, 1.82) is 5.26 Å². The molecule has 0 saturated carbocycles. The van der Waals surface area contributed by atoms with Crippen molar-refractivity contribution in [1.82, 2.24) is 0 Å². The number of benzene rings is 1. The van der Waals surface area contributed by atoms with Crippen LogP contribution in [0.2, 0.25) is 0 Å². The van der Waals surface area contributed by atoms with Crippen molar-refractivity contribution in [2.24, 2.45) is 0 Å². The predicted molar refractivity (Wildman–Crippen MR) is 56.6 cm³/mol. The normalized spacial score (nSPS) is 9.29. The van der Waals surface area contributed by atoms with Crippen LogP contribution >= 0.6 is 15.9 Å². The highest BCUT2D eigenvalue weighted by Gasteiger charge is 2.08. The third kappa shape index (κ3) is 2.18. The van der Waals surface area contributed by atoms with Crippen LogP contribution in [-0.4, -0.2) is 13.7 Å². The van der Waals surface area contributed by atoms with Gasteiger partial charge in [-0.1, -0.05) is 0 Å². The lowest BCUT2D eigenvalue weighted by atomic mass is 10.2. The number of hydrogen-bond acceptors (Lipinski definition) is 3. The quantitative estimate of drug-likeness (QED) is 0.834. The first kappa shape index (κ1) is 10.9. The van der Waals surface area contributed by atoms with Gasteiger partial charge in [-0.05, 0) is 28.9 Å². The monoisotopic (exact) mass is 255 g/mol. The van der Waals surface area contributed by atoms with Gasteiger partial charge in [-0.15, -0.1) is 0 Å². The smallest absolute Gasteiger partial charge is 0.140 e. The van der Waals surface area contributed by atoms with Crippen molar-refractivity contribution in [2.75, 3.05) is 13.7 Å². The summed E-state index contributed by atoms with van der Waals surface area (Å²) in [5, 5.41) is 8.84. The average molecular weight is 256 g/mol. The molecular weight excluding hydrogens is 246 g/mol. The molecule has 0 atom stereocenters. The van der Waals surface area contributed by atoms with E-state index in [1.807, 2.05) is 6.92 Å². The number of ether oxygens (including phenoxy) is 2. The highest BCUT2D eigenvalue weighted by molar-refractivity contribution is 9.10. The molecule has 0 N–H and O–H groups in total. The zero-order chi connectivity index (χ0) is 10.6. The minimum atomic E-state index is 0.500. The van der Waals surface area contributed by atoms with Crippen LogP contribution in [0.3, 0.4) is 0 Å². The molecule has 1 aromatic carbocycles. The van der Waals surface area contributed by atoms with Gasteiger partial charge in [-0.25, -0.2) is 0 Å². The molecule has 1 aromatic rings. The van der Waals surface area contributed by atoms with Gasteiger partial charge < -0.3 is 9.47 Å². The van der Waals surface area contributed by atoms with Crippen molar-refractivity contribution in [3.63, 3.8) is 0 Å². The molecule has 0 spiro atoms. The van der Waals surface area contributed by atoms with Gasteiger partial charge in [0.15, 0.2) is 0 Å².